The second-order valence-electron chi connectivity index (χ2n) is 5.78. The van der Waals surface area contributed by atoms with Crippen molar-refractivity contribution in [1.82, 2.24) is 14.9 Å². The summed E-state index contributed by atoms with van der Waals surface area (Å²) in [6, 6.07) is 4.26. The summed E-state index contributed by atoms with van der Waals surface area (Å²) in [6.45, 7) is -1.19. The molecule has 2 heterocycles. The van der Waals surface area contributed by atoms with E-state index in [-0.39, 0.29) is 22.1 Å². The first-order chi connectivity index (χ1) is 12.6. The number of amides is 2. The van der Waals surface area contributed by atoms with Crippen molar-refractivity contribution in [2.45, 2.75) is 12.1 Å². The third-order valence-corrected chi connectivity index (χ3v) is 4.78. The normalized spacial score (nSPS) is 16.9. The molecule has 1 N–H and O–H groups in total. The average Bonchev–Trinajstić information content (AvgIpc) is 2.58. The van der Waals surface area contributed by atoms with Gasteiger partial charge in [-0.1, -0.05) is 11.6 Å². The molecular weight excluding hydrogens is 500 g/mol. The molecule has 0 spiro atoms. The van der Waals surface area contributed by atoms with Crippen LogP contribution in [0.3, 0.4) is 0 Å². The molecule has 0 radical (unpaired) electrons. The zero-order valence-electron chi connectivity index (χ0n) is 13.4. The molecule has 6 nitrogen and oxygen atoms in total. The summed E-state index contributed by atoms with van der Waals surface area (Å²) in [6.07, 6.45) is -2.03. The first-order valence-electron chi connectivity index (χ1n) is 7.58. The Morgan fingerprint density at radius 1 is 1.33 bits per heavy atom. The molecule has 142 valence electrons. The molecule has 1 aromatic carbocycles. The van der Waals surface area contributed by atoms with Gasteiger partial charge in [0.05, 0.1) is 23.3 Å². The Morgan fingerprint density at radius 2 is 2.00 bits per heavy atom. The SMILES string of the molecule is O=C(CN1CC(C(F)(F)F)c2cc(I)ccc2C1=O)Nc1ncc(Cl)cn1. The summed E-state index contributed by atoms with van der Waals surface area (Å²) in [5, 5.41) is 2.59. The number of benzene rings is 1. The van der Waals surface area contributed by atoms with E-state index in [0.717, 1.165) is 4.90 Å². The highest BCUT2D eigenvalue weighted by Crippen LogP contribution is 2.40. The minimum Gasteiger partial charge on any atom is -0.328 e. The highest BCUT2D eigenvalue weighted by Gasteiger charge is 2.47. The standard InChI is InChI=1S/C16H11ClF3IN4O2/c17-8-4-22-15(23-5-8)24-13(26)7-25-6-12(16(18,19)20)11-3-9(21)1-2-10(11)14(25)27/h1-5,12H,6-7H2,(H,22,23,24,26). The van der Waals surface area contributed by atoms with E-state index >= 15 is 0 Å². The summed E-state index contributed by atoms with van der Waals surface area (Å²) in [5.74, 6) is -3.26. The molecule has 1 atom stereocenters. The summed E-state index contributed by atoms with van der Waals surface area (Å²) < 4.78 is 41.1. The van der Waals surface area contributed by atoms with Crippen molar-refractivity contribution in [1.29, 1.82) is 0 Å². The van der Waals surface area contributed by atoms with Crippen molar-refractivity contribution in [3.8, 4) is 0 Å². The fraction of sp³-hybridized carbons (Fsp3) is 0.250. The number of alkyl halides is 3. The van der Waals surface area contributed by atoms with Crippen LogP contribution in [0.4, 0.5) is 19.1 Å². The van der Waals surface area contributed by atoms with E-state index in [0.29, 0.717) is 3.57 Å². The number of rotatable bonds is 3. The largest absolute Gasteiger partial charge is 0.397 e. The first-order valence-corrected chi connectivity index (χ1v) is 9.03. The molecule has 1 unspecified atom stereocenters. The van der Waals surface area contributed by atoms with Gasteiger partial charge in [-0.2, -0.15) is 13.2 Å². The molecule has 0 fully saturated rings. The zero-order chi connectivity index (χ0) is 19.8. The fourth-order valence-corrected chi connectivity index (χ4v) is 3.33. The molecule has 1 aliphatic rings. The van der Waals surface area contributed by atoms with Crippen molar-refractivity contribution in [2.75, 3.05) is 18.4 Å². The van der Waals surface area contributed by atoms with Gasteiger partial charge in [-0.3, -0.25) is 14.9 Å². The van der Waals surface area contributed by atoms with Crippen LogP contribution in [0.1, 0.15) is 21.8 Å². The third-order valence-electron chi connectivity index (χ3n) is 3.91. The maximum absolute atomic E-state index is 13.5. The molecule has 1 aromatic heterocycles. The number of aromatic nitrogens is 2. The van der Waals surface area contributed by atoms with Crippen LogP contribution < -0.4 is 5.32 Å². The maximum atomic E-state index is 13.5. The van der Waals surface area contributed by atoms with Crippen molar-refractivity contribution < 1.29 is 22.8 Å². The lowest BCUT2D eigenvalue weighted by molar-refractivity contribution is -0.155. The lowest BCUT2D eigenvalue weighted by Gasteiger charge is -2.35. The van der Waals surface area contributed by atoms with Gasteiger partial charge < -0.3 is 4.90 Å². The number of carbonyl (C=O) groups excluding carboxylic acids is 2. The van der Waals surface area contributed by atoms with Crippen LogP contribution in [-0.2, 0) is 4.79 Å². The molecule has 11 heteroatoms. The van der Waals surface area contributed by atoms with Crippen molar-refractivity contribution in [3.63, 3.8) is 0 Å². The Bertz CT molecular complexity index is 892. The maximum Gasteiger partial charge on any atom is 0.397 e. The van der Waals surface area contributed by atoms with Crippen LogP contribution in [0.25, 0.3) is 0 Å². The van der Waals surface area contributed by atoms with Crippen LogP contribution in [0, 0.1) is 3.57 Å². The molecular formula is C16H11ClF3IN4O2. The predicted octanol–water partition coefficient (Wildman–Crippen LogP) is 3.48. The lowest BCUT2D eigenvalue weighted by Crippen LogP contribution is -2.47. The smallest absolute Gasteiger partial charge is 0.328 e. The van der Waals surface area contributed by atoms with E-state index < -0.39 is 37.0 Å². The summed E-state index contributed by atoms with van der Waals surface area (Å²) >= 11 is 7.53. The van der Waals surface area contributed by atoms with E-state index in [9.17, 15) is 22.8 Å². The van der Waals surface area contributed by atoms with E-state index in [1.54, 1.807) is 6.07 Å². The predicted molar refractivity (Wildman–Crippen MR) is 99.5 cm³/mol. The molecule has 3 rings (SSSR count). The highest BCUT2D eigenvalue weighted by atomic mass is 127. The molecule has 2 aromatic rings. The summed E-state index contributed by atoms with van der Waals surface area (Å²) in [7, 11) is 0. The Kier molecular flexibility index (Phi) is 5.56. The first kappa shape index (κ1) is 19.8. The minimum atomic E-state index is -4.55. The molecule has 27 heavy (non-hydrogen) atoms. The topological polar surface area (TPSA) is 75.2 Å². The van der Waals surface area contributed by atoms with Crippen LogP contribution >= 0.6 is 34.2 Å². The highest BCUT2D eigenvalue weighted by molar-refractivity contribution is 14.1. The number of carbonyl (C=O) groups is 2. The van der Waals surface area contributed by atoms with Gasteiger partial charge in [0.1, 0.15) is 6.54 Å². The Balaban J connectivity index is 1.81. The Labute approximate surface area is 170 Å². The summed E-state index contributed by atoms with van der Waals surface area (Å²) in [4.78, 5) is 33.1. The number of nitrogens with zero attached hydrogens (tertiary/aromatic N) is 3. The van der Waals surface area contributed by atoms with Gasteiger partial charge in [0.2, 0.25) is 11.9 Å². The molecule has 1 aliphatic heterocycles. The van der Waals surface area contributed by atoms with Gasteiger partial charge in [-0.15, -0.1) is 0 Å². The number of anilines is 1. The van der Waals surface area contributed by atoms with Crippen molar-refractivity contribution in [2.24, 2.45) is 0 Å². The average molecular weight is 511 g/mol. The number of fused-ring (bicyclic) bond motifs is 1. The van der Waals surface area contributed by atoms with Gasteiger partial charge in [0.15, 0.2) is 0 Å². The van der Waals surface area contributed by atoms with Crippen LogP contribution in [0.15, 0.2) is 30.6 Å². The van der Waals surface area contributed by atoms with E-state index in [4.69, 9.17) is 11.6 Å². The van der Waals surface area contributed by atoms with Gasteiger partial charge in [0, 0.05) is 15.7 Å². The quantitative estimate of drug-likeness (QED) is 0.642. The zero-order valence-corrected chi connectivity index (χ0v) is 16.3. The van der Waals surface area contributed by atoms with Crippen LogP contribution in [0.2, 0.25) is 5.02 Å². The number of hydrogen-bond acceptors (Lipinski definition) is 4. The van der Waals surface area contributed by atoms with Crippen LogP contribution in [-0.4, -0.2) is 45.9 Å². The Morgan fingerprint density at radius 3 is 2.63 bits per heavy atom. The van der Waals surface area contributed by atoms with E-state index in [2.05, 4.69) is 15.3 Å². The fourth-order valence-electron chi connectivity index (χ4n) is 2.72. The van der Waals surface area contributed by atoms with Gasteiger partial charge in [0.25, 0.3) is 5.91 Å². The second-order valence-corrected chi connectivity index (χ2v) is 7.47. The molecule has 0 bridgehead atoms. The minimum absolute atomic E-state index is 0.0560. The Hall–Kier alpha value is -1.95. The van der Waals surface area contributed by atoms with Crippen molar-refractivity contribution in [3.05, 3.63) is 50.3 Å². The molecule has 2 amide bonds. The van der Waals surface area contributed by atoms with Crippen LogP contribution in [0.5, 0.6) is 0 Å². The van der Waals surface area contributed by atoms with E-state index in [1.165, 1.54) is 24.5 Å². The second kappa shape index (κ2) is 7.58. The van der Waals surface area contributed by atoms with E-state index in [1.807, 2.05) is 22.6 Å². The number of nitrogens with one attached hydrogen (secondary N) is 1. The van der Waals surface area contributed by atoms with Gasteiger partial charge in [-0.05, 0) is 46.4 Å². The molecule has 0 saturated heterocycles. The third kappa shape index (κ3) is 4.49. The van der Waals surface area contributed by atoms with Gasteiger partial charge >= 0.3 is 6.18 Å². The lowest BCUT2D eigenvalue weighted by atomic mass is 9.88. The monoisotopic (exact) mass is 510 g/mol. The molecule has 0 saturated carbocycles. The molecule has 0 aliphatic carbocycles. The van der Waals surface area contributed by atoms with Gasteiger partial charge in [-0.25, -0.2) is 9.97 Å². The number of hydrogen-bond donors (Lipinski definition) is 1. The van der Waals surface area contributed by atoms with Crippen molar-refractivity contribution >= 4 is 52.0 Å². The summed E-state index contributed by atoms with van der Waals surface area (Å²) in [5.41, 5.74) is -0.128. The number of halogens is 5.